The zero-order valence-electron chi connectivity index (χ0n) is 17.9. The Balaban J connectivity index is 1.80. The molecule has 4 nitrogen and oxygen atoms in total. The van der Waals surface area contributed by atoms with Gasteiger partial charge in [0.15, 0.2) is 5.11 Å². The van der Waals surface area contributed by atoms with Crippen molar-refractivity contribution in [2.24, 2.45) is 0 Å². The lowest BCUT2D eigenvalue weighted by atomic mass is 9.86. The first-order chi connectivity index (χ1) is 13.8. The first-order valence-corrected chi connectivity index (χ1v) is 10.8. The summed E-state index contributed by atoms with van der Waals surface area (Å²) in [4.78, 5) is 9.31. The lowest BCUT2D eigenvalue weighted by Gasteiger charge is -2.41. The van der Waals surface area contributed by atoms with Crippen molar-refractivity contribution in [1.82, 2.24) is 15.2 Å². The van der Waals surface area contributed by atoms with Crippen LogP contribution in [-0.2, 0) is 0 Å². The van der Waals surface area contributed by atoms with E-state index in [9.17, 15) is 0 Å². The van der Waals surface area contributed by atoms with E-state index < -0.39 is 0 Å². The van der Waals surface area contributed by atoms with Gasteiger partial charge in [0.2, 0.25) is 0 Å². The number of nitrogens with zero attached hydrogens (tertiary/aromatic N) is 3. The molecule has 0 spiro atoms. The van der Waals surface area contributed by atoms with Gasteiger partial charge in [-0.2, -0.15) is 0 Å². The fraction of sp³-hybridized carbons (Fsp3) is 0.417. The molecule has 1 saturated heterocycles. The lowest BCUT2D eigenvalue weighted by molar-refractivity contribution is 0.317. The summed E-state index contributed by atoms with van der Waals surface area (Å²) in [5, 5.41) is 4.35. The van der Waals surface area contributed by atoms with Gasteiger partial charge >= 0.3 is 0 Å². The average molecular weight is 407 g/mol. The molecule has 1 fully saturated rings. The quantitative estimate of drug-likeness (QED) is 0.715. The monoisotopic (exact) mass is 406 g/mol. The largest absolute Gasteiger partial charge is 0.366 e. The fourth-order valence-electron chi connectivity index (χ4n) is 4.61. The number of aromatic nitrogens is 1. The second-order valence-electron chi connectivity index (χ2n) is 8.64. The Morgan fingerprint density at radius 2 is 2.00 bits per heavy atom. The number of allylic oxidation sites excluding steroid dienone is 1. The number of hydrogen-bond donors (Lipinski definition) is 1. The Bertz CT molecular complexity index is 951. The van der Waals surface area contributed by atoms with Gasteiger partial charge in [0, 0.05) is 31.0 Å². The maximum Gasteiger partial charge on any atom is 0.170 e. The molecular formula is C24H30N4S. The summed E-state index contributed by atoms with van der Waals surface area (Å²) >= 11 is 5.72. The Kier molecular flexibility index (Phi) is 5.11. The molecule has 2 aromatic rings. The van der Waals surface area contributed by atoms with Gasteiger partial charge in [0.25, 0.3) is 0 Å². The van der Waals surface area contributed by atoms with E-state index in [0.717, 1.165) is 23.8 Å². The van der Waals surface area contributed by atoms with Crippen molar-refractivity contribution in [2.45, 2.75) is 51.7 Å². The average Bonchev–Trinajstić information content (AvgIpc) is 3.03. The van der Waals surface area contributed by atoms with Crippen molar-refractivity contribution in [3.63, 3.8) is 0 Å². The first-order valence-electron chi connectivity index (χ1n) is 10.4. The smallest absolute Gasteiger partial charge is 0.170 e. The standard InChI is InChI=1S/C24H30N4S/c1-6-13-28-22(21(26-23(28)29)19-9-7-8-12-25-19)17-10-11-20-18(14-17)16(2)15-24(3,4)27(20)5/h7-12,14-15,21-22H,6,13H2,1-5H3,(H,26,29)/t21-,22+/m0/s1. The minimum absolute atomic E-state index is 0.0137. The molecule has 0 bridgehead atoms. The number of anilines is 1. The van der Waals surface area contributed by atoms with Gasteiger partial charge < -0.3 is 15.1 Å². The molecule has 152 valence electrons. The number of benzene rings is 1. The fourth-order valence-corrected chi connectivity index (χ4v) is 4.94. The SMILES string of the molecule is CCCN1C(=S)N[C@@H](c2ccccn2)[C@H]1c1ccc2c(c1)C(C)=CC(C)(C)N2C. The molecule has 29 heavy (non-hydrogen) atoms. The predicted molar refractivity (Wildman–Crippen MR) is 125 cm³/mol. The van der Waals surface area contributed by atoms with Crippen molar-refractivity contribution < 1.29 is 0 Å². The number of likely N-dealkylation sites (N-methyl/N-ethyl adjacent to an activating group) is 1. The number of fused-ring (bicyclic) bond motifs is 1. The summed E-state index contributed by atoms with van der Waals surface area (Å²) in [6.07, 6.45) is 5.27. The van der Waals surface area contributed by atoms with E-state index in [4.69, 9.17) is 12.2 Å². The third-order valence-corrected chi connectivity index (χ3v) is 6.60. The van der Waals surface area contributed by atoms with E-state index in [1.807, 2.05) is 18.3 Å². The van der Waals surface area contributed by atoms with Gasteiger partial charge in [0.05, 0.1) is 23.3 Å². The summed E-state index contributed by atoms with van der Waals surface area (Å²) in [6, 6.07) is 13.2. The topological polar surface area (TPSA) is 31.4 Å². The van der Waals surface area contributed by atoms with Gasteiger partial charge in [-0.3, -0.25) is 4.98 Å². The third kappa shape index (κ3) is 3.42. The van der Waals surface area contributed by atoms with Crippen LogP contribution in [0.4, 0.5) is 5.69 Å². The summed E-state index contributed by atoms with van der Waals surface area (Å²) in [5.41, 5.74) is 6.24. The normalized spacial score (nSPS) is 22.9. The maximum absolute atomic E-state index is 5.72. The molecule has 2 aliphatic heterocycles. The Hall–Kier alpha value is -2.40. The summed E-state index contributed by atoms with van der Waals surface area (Å²) in [7, 11) is 2.17. The highest BCUT2D eigenvalue weighted by Crippen LogP contribution is 2.43. The van der Waals surface area contributed by atoms with Crippen LogP contribution in [0.1, 0.15) is 63.0 Å². The van der Waals surface area contributed by atoms with Crippen LogP contribution >= 0.6 is 12.2 Å². The van der Waals surface area contributed by atoms with E-state index in [1.54, 1.807) is 0 Å². The number of hydrogen-bond acceptors (Lipinski definition) is 3. The first kappa shape index (κ1) is 19.9. The molecule has 0 radical (unpaired) electrons. The molecule has 1 aromatic heterocycles. The van der Waals surface area contributed by atoms with Crippen LogP contribution in [0.2, 0.25) is 0 Å². The minimum atomic E-state index is 0.0137. The molecule has 3 heterocycles. The molecule has 0 unspecified atom stereocenters. The van der Waals surface area contributed by atoms with Gasteiger partial charge in [-0.1, -0.05) is 25.1 Å². The van der Waals surface area contributed by atoms with Crippen molar-refractivity contribution in [3.8, 4) is 0 Å². The number of nitrogens with one attached hydrogen (secondary N) is 1. The van der Waals surface area contributed by atoms with E-state index in [-0.39, 0.29) is 17.6 Å². The predicted octanol–water partition coefficient (Wildman–Crippen LogP) is 5.10. The van der Waals surface area contributed by atoms with Crippen LogP contribution in [-0.4, -0.2) is 34.1 Å². The van der Waals surface area contributed by atoms with Gasteiger partial charge in [-0.15, -0.1) is 0 Å². The number of thiocarbonyl (C=S) groups is 1. The third-order valence-electron chi connectivity index (χ3n) is 6.24. The zero-order chi connectivity index (χ0) is 20.8. The summed E-state index contributed by atoms with van der Waals surface area (Å²) in [6.45, 7) is 9.86. The van der Waals surface area contributed by atoms with E-state index in [0.29, 0.717) is 0 Å². The molecule has 2 aliphatic rings. The maximum atomic E-state index is 5.72. The highest BCUT2D eigenvalue weighted by Gasteiger charge is 2.40. The number of rotatable bonds is 4. The molecule has 4 rings (SSSR count). The van der Waals surface area contributed by atoms with Crippen molar-refractivity contribution in [2.75, 3.05) is 18.5 Å². The molecule has 1 aromatic carbocycles. The highest BCUT2D eigenvalue weighted by atomic mass is 32.1. The van der Waals surface area contributed by atoms with Crippen LogP contribution in [0.5, 0.6) is 0 Å². The number of pyridine rings is 1. The Labute approximate surface area is 179 Å². The van der Waals surface area contributed by atoms with Crippen LogP contribution in [0.15, 0.2) is 48.7 Å². The second-order valence-corrected chi connectivity index (χ2v) is 9.02. The van der Waals surface area contributed by atoms with Crippen LogP contribution in [0.25, 0.3) is 5.57 Å². The zero-order valence-corrected chi connectivity index (χ0v) is 18.8. The van der Waals surface area contributed by atoms with E-state index in [2.05, 4.69) is 85.2 Å². The summed E-state index contributed by atoms with van der Waals surface area (Å²) in [5.74, 6) is 0. The Morgan fingerprint density at radius 3 is 2.69 bits per heavy atom. The van der Waals surface area contributed by atoms with Crippen LogP contribution in [0.3, 0.4) is 0 Å². The second kappa shape index (κ2) is 7.45. The van der Waals surface area contributed by atoms with Crippen molar-refractivity contribution in [3.05, 3.63) is 65.5 Å². The van der Waals surface area contributed by atoms with Crippen molar-refractivity contribution >= 4 is 28.6 Å². The van der Waals surface area contributed by atoms with Crippen molar-refractivity contribution in [1.29, 1.82) is 0 Å². The highest BCUT2D eigenvalue weighted by molar-refractivity contribution is 7.80. The van der Waals surface area contributed by atoms with Gasteiger partial charge in [-0.05, 0) is 74.8 Å². The summed E-state index contributed by atoms with van der Waals surface area (Å²) < 4.78 is 0. The van der Waals surface area contributed by atoms with Gasteiger partial charge in [-0.25, -0.2) is 0 Å². The lowest BCUT2D eigenvalue weighted by Crippen LogP contribution is -2.42. The van der Waals surface area contributed by atoms with Crippen LogP contribution < -0.4 is 10.2 Å². The minimum Gasteiger partial charge on any atom is -0.366 e. The van der Waals surface area contributed by atoms with Crippen LogP contribution in [0, 0.1) is 0 Å². The molecule has 5 heteroatoms. The Morgan fingerprint density at radius 1 is 1.21 bits per heavy atom. The molecule has 0 aliphatic carbocycles. The van der Waals surface area contributed by atoms with E-state index >= 15 is 0 Å². The molecule has 0 saturated carbocycles. The molecule has 0 amide bonds. The molecule has 1 N–H and O–H groups in total. The molecular weight excluding hydrogens is 376 g/mol. The molecule has 2 atom stereocenters. The van der Waals surface area contributed by atoms with Gasteiger partial charge in [0.1, 0.15) is 0 Å². The van der Waals surface area contributed by atoms with E-state index in [1.165, 1.54) is 22.4 Å².